The van der Waals surface area contributed by atoms with Crippen LogP contribution in [0, 0.1) is 27.7 Å². The lowest BCUT2D eigenvalue weighted by Crippen LogP contribution is -2.15. The average molecular weight is 270 g/mol. The van der Waals surface area contributed by atoms with E-state index in [9.17, 15) is 4.79 Å². The number of nitrogens with one attached hydrogen (secondary N) is 1. The molecule has 2 rings (SSSR count). The number of ketones is 1. The topological polar surface area (TPSA) is 34.0 Å². The number of carbonyl (C=O) groups is 1. The van der Waals surface area contributed by atoms with Crippen LogP contribution in [-0.4, -0.2) is 16.9 Å². The smallest absolute Gasteiger partial charge is 0.183 e. The van der Waals surface area contributed by atoms with E-state index in [0.717, 1.165) is 22.6 Å². The molecule has 1 aromatic carbocycles. The van der Waals surface area contributed by atoms with Crippen molar-refractivity contribution in [1.82, 2.24) is 4.57 Å². The van der Waals surface area contributed by atoms with E-state index >= 15 is 0 Å². The molecule has 1 heterocycles. The van der Waals surface area contributed by atoms with Gasteiger partial charge in [-0.25, -0.2) is 0 Å². The number of nitrogens with zero attached hydrogens (tertiary/aromatic N) is 1. The molecular weight excluding hydrogens is 248 g/mol. The van der Waals surface area contributed by atoms with E-state index in [4.69, 9.17) is 0 Å². The van der Waals surface area contributed by atoms with Gasteiger partial charge >= 0.3 is 0 Å². The molecule has 3 nitrogen and oxygen atoms in total. The minimum absolute atomic E-state index is 0.130. The molecule has 0 radical (unpaired) electrons. The Morgan fingerprint density at radius 1 is 1.05 bits per heavy atom. The van der Waals surface area contributed by atoms with Crippen molar-refractivity contribution in [1.29, 1.82) is 0 Å². The van der Waals surface area contributed by atoms with E-state index in [1.165, 1.54) is 11.1 Å². The molecule has 1 N–H and O–H groups in total. The van der Waals surface area contributed by atoms with Crippen LogP contribution in [0.15, 0.2) is 24.3 Å². The standard InChI is InChI=1S/C17H22N2O/c1-11-6-12(2)8-15(7-11)18-10-17(20)16-9-13(3)19(5)14(16)4/h6-9,18H,10H2,1-5H3. The predicted octanol–water partition coefficient (Wildman–Crippen LogP) is 3.55. The van der Waals surface area contributed by atoms with Crippen molar-refractivity contribution in [3.8, 4) is 0 Å². The van der Waals surface area contributed by atoms with Crippen LogP contribution in [0.5, 0.6) is 0 Å². The highest BCUT2D eigenvalue weighted by atomic mass is 16.1. The van der Waals surface area contributed by atoms with Gasteiger partial charge in [0.15, 0.2) is 5.78 Å². The fourth-order valence-corrected chi connectivity index (χ4v) is 2.49. The quantitative estimate of drug-likeness (QED) is 0.862. The summed E-state index contributed by atoms with van der Waals surface area (Å²) in [6.07, 6.45) is 0. The minimum atomic E-state index is 0.130. The van der Waals surface area contributed by atoms with Crippen molar-refractivity contribution < 1.29 is 4.79 Å². The summed E-state index contributed by atoms with van der Waals surface area (Å²) in [5, 5.41) is 3.22. The number of benzene rings is 1. The van der Waals surface area contributed by atoms with Gasteiger partial charge < -0.3 is 9.88 Å². The molecule has 0 atom stereocenters. The van der Waals surface area contributed by atoms with Crippen LogP contribution in [-0.2, 0) is 7.05 Å². The van der Waals surface area contributed by atoms with Crippen LogP contribution in [0.4, 0.5) is 5.69 Å². The molecule has 2 aromatic rings. The molecule has 0 aliphatic rings. The zero-order valence-electron chi connectivity index (χ0n) is 12.9. The molecule has 0 bridgehead atoms. The van der Waals surface area contributed by atoms with Gasteiger partial charge in [0.05, 0.1) is 6.54 Å². The van der Waals surface area contributed by atoms with Crippen molar-refractivity contribution in [2.75, 3.05) is 11.9 Å². The Morgan fingerprint density at radius 2 is 1.65 bits per heavy atom. The number of anilines is 1. The number of rotatable bonds is 4. The Kier molecular flexibility index (Phi) is 3.98. The van der Waals surface area contributed by atoms with E-state index < -0.39 is 0 Å². The number of aromatic nitrogens is 1. The first-order valence-electron chi connectivity index (χ1n) is 6.87. The minimum Gasteiger partial charge on any atom is -0.378 e. The Balaban J connectivity index is 2.10. The fourth-order valence-electron chi connectivity index (χ4n) is 2.49. The number of aryl methyl sites for hydroxylation is 3. The van der Waals surface area contributed by atoms with Crippen molar-refractivity contribution in [3.63, 3.8) is 0 Å². The summed E-state index contributed by atoms with van der Waals surface area (Å²) < 4.78 is 2.05. The van der Waals surface area contributed by atoms with Gasteiger partial charge in [-0.15, -0.1) is 0 Å². The van der Waals surface area contributed by atoms with E-state index in [1.54, 1.807) is 0 Å². The third-order valence-corrected chi connectivity index (χ3v) is 3.75. The Labute approximate surface area is 120 Å². The van der Waals surface area contributed by atoms with Crippen molar-refractivity contribution >= 4 is 11.5 Å². The number of Topliss-reactive ketones (excluding diaryl/α,β-unsaturated/α-hetero) is 1. The highest BCUT2D eigenvalue weighted by Crippen LogP contribution is 2.16. The largest absolute Gasteiger partial charge is 0.378 e. The Hall–Kier alpha value is -2.03. The second-order valence-electron chi connectivity index (χ2n) is 5.50. The van der Waals surface area contributed by atoms with Crippen LogP contribution >= 0.6 is 0 Å². The van der Waals surface area contributed by atoms with Gasteiger partial charge in [0.25, 0.3) is 0 Å². The summed E-state index contributed by atoms with van der Waals surface area (Å²) >= 11 is 0. The third-order valence-electron chi connectivity index (χ3n) is 3.75. The van der Waals surface area contributed by atoms with Crippen molar-refractivity contribution in [3.05, 3.63) is 52.3 Å². The molecule has 20 heavy (non-hydrogen) atoms. The maximum absolute atomic E-state index is 12.3. The van der Waals surface area contributed by atoms with Crippen molar-refractivity contribution in [2.24, 2.45) is 7.05 Å². The van der Waals surface area contributed by atoms with Crippen LogP contribution in [0.2, 0.25) is 0 Å². The molecular formula is C17H22N2O. The maximum atomic E-state index is 12.3. The molecule has 0 spiro atoms. The zero-order chi connectivity index (χ0) is 14.9. The predicted molar refractivity (Wildman–Crippen MR) is 83.6 cm³/mol. The molecule has 0 aliphatic heterocycles. The first kappa shape index (κ1) is 14.4. The number of carbonyl (C=O) groups excluding carboxylic acids is 1. The lowest BCUT2D eigenvalue weighted by molar-refractivity contribution is 0.101. The van der Waals surface area contributed by atoms with Gasteiger partial charge in [0, 0.05) is 29.7 Å². The molecule has 0 unspecified atom stereocenters. The van der Waals surface area contributed by atoms with E-state index in [2.05, 4.69) is 37.4 Å². The van der Waals surface area contributed by atoms with Crippen LogP contribution in [0.1, 0.15) is 32.9 Å². The van der Waals surface area contributed by atoms with Gasteiger partial charge in [-0.3, -0.25) is 4.79 Å². The fraction of sp³-hybridized carbons (Fsp3) is 0.353. The monoisotopic (exact) mass is 270 g/mol. The third kappa shape index (κ3) is 2.93. The SMILES string of the molecule is Cc1cc(C)cc(NCC(=O)c2cc(C)n(C)c2C)c1. The first-order valence-corrected chi connectivity index (χ1v) is 6.87. The number of hydrogen-bond donors (Lipinski definition) is 1. The normalized spacial score (nSPS) is 10.7. The lowest BCUT2D eigenvalue weighted by atomic mass is 10.1. The molecule has 0 saturated carbocycles. The van der Waals surface area contributed by atoms with Gasteiger partial charge in [-0.05, 0) is 57.0 Å². The van der Waals surface area contributed by atoms with Crippen LogP contribution in [0.25, 0.3) is 0 Å². The van der Waals surface area contributed by atoms with Gasteiger partial charge in [-0.1, -0.05) is 6.07 Å². The summed E-state index contributed by atoms with van der Waals surface area (Å²) in [7, 11) is 1.98. The van der Waals surface area contributed by atoms with Gasteiger partial charge in [0.1, 0.15) is 0 Å². The Bertz CT molecular complexity index is 633. The molecule has 1 aromatic heterocycles. The van der Waals surface area contributed by atoms with Gasteiger partial charge in [-0.2, -0.15) is 0 Å². The lowest BCUT2D eigenvalue weighted by Gasteiger charge is -2.08. The zero-order valence-corrected chi connectivity index (χ0v) is 12.9. The summed E-state index contributed by atoms with van der Waals surface area (Å²) in [5.74, 6) is 0.130. The highest BCUT2D eigenvalue weighted by Gasteiger charge is 2.13. The van der Waals surface area contributed by atoms with Crippen LogP contribution < -0.4 is 5.32 Å². The summed E-state index contributed by atoms with van der Waals surface area (Å²) in [4.78, 5) is 12.3. The second kappa shape index (κ2) is 5.53. The molecule has 0 fully saturated rings. The Morgan fingerprint density at radius 3 is 2.15 bits per heavy atom. The molecule has 0 amide bonds. The summed E-state index contributed by atoms with van der Waals surface area (Å²) in [5.41, 5.74) is 6.34. The summed E-state index contributed by atoms with van der Waals surface area (Å²) in [6.45, 7) is 8.45. The van der Waals surface area contributed by atoms with E-state index in [1.807, 2.05) is 31.5 Å². The molecule has 0 saturated heterocycles. The average Bonchev–Trinajstić information content (AvgIpc) is 2.63. The first-order chi connectivity index (χ1) is 9.38. The van der Waals surface area contributed by atoms with E-state index in [-0.39, 0.29) is 5.78 Å². The van der Waals surface area contributed by atoms with Crippen molar-refractivity contribution in [2.45, 2.75) is 27.7 Å². The maximum Gasteiger partial charge on any atom is 0.183 e. The number of hydrogen-bond acceptors (Lipinski definition) is 2. The molecule has 3 heteroatoms. The summed E-state index contributed by atoms with van der Waals surface area (Å²) in [6, 6.07) is 8.20. The van der Waals surface area contributed by atoms with Crippen LogP contribution in [0.3, 0.4) is 0 Å². The highest BCUT2D eigenvalue weighted by molar-refractivity contribution is 6.00. The van der Waals surface area contributed by atoms with E-state index in [0.29, 0.717) is 6.54 Å². The second-order valence-corrected chi connectivity index (χ2v) is 5.50. The molecule has 0 aliphatic carbocycles. The van der Waals surface area contributed by atoms with Gasteiger partial charge in [0.2, 0.25) is 0 Å². The molecule has 106 valence electrons.